The van der Waals surface area contributed by atoms with Gasteiger partial charge in [-0.3, -0.25) is 14.6 Å². The van der Waals surface area contributed by atoms with E-state index in [0.29, 0.717) is 29.3 Å². The van der Waals surface area contributed by atoms with Gasteiger partial charge in [0.1, 0.15) is 5.75 Å². The maximum absolute atomic E-state index is 12.8. The minimum Gasteiger partial charge on any atom is -0.496 e. The highest BCUT2D eigenvalue weighted by molar-refractivity contribution is 6.09. The van der Waals surface area contributed by atoms with Crippen LogP contribution in [0, 0.1) is 0 Å². The van der Waals surface area contributed by atoms with E-state index in [2.05, 4.69) is 10.3 Å². The second-order valence-electron chi connectivity index (χ2n) is 7.36. The first-order valence-electron chi connectivity index (χ1n) is 10.3. The molecule has 4 rings (SSSR count). The molecule has 1 aliphatic heterocycles. The van der Waals surface area contributed by atoms with E-state index >= 15 is 0 Å². The van der Waals surface area contributed by atoms with Gasteiger partial charge in [0.15, 0.2) is 11.5 Å². The van der Waals surface area contributed by atoms with Crippen molar-refractivity contribution in [2.75, 3.05) is 19.1 Å². The molecule has 7 nitrogen and oxygen atoms in total. The Morgan fingerprint density at radius 3 is 2.82 bits per heavy atom. The van der Waals surface area contributed by atoms with Crippen LogP contribution in [0.15, 0.2) is 78.8 Å². The standard InChI is InChI=1S/C26H23N3O4/c1-29-21-7-3-4-8-23(21)33-24(26(29)31)15-20-14-18(9-11-22(20)32-2)10-12-25(30)28-17-19-6-5-13-27-16-19/h3-16H,17H2,1-2H3,(H,28,30)/b12-10+,24-15-. The topological polar surface area (TPSA) is 80.8 Å². The highest BCUT2D eigenvalue weighted by Crippen LogP contribution is 2.35. The second kappa shape index (κ2) is 9.82. The van der Waals surface area contributed by atoms with Gasteiger partial charge in [-0.25, -0.2) is 0 Å². The number of hydrogen-bond acceptors (Lipinski definition) is 5. The molecule has 1 aliphatic rings. The van der Waals surface area contributed by atoms with Gasteiger partial charge < -0.3 is 19.7 Å². The molecule has 3 aromatic rings. The number of rotatable bonds is 6. The molecule has 33 heavy (non-hydrogen) atoms. The highest BCUT2D eigenvalue weighted by atomic mass is 16.5. The molecule has 0 fully saturated rings. The van der Waals surface area contributed by atoms with Crippen LogP contribution in [0.4, 0.5) is 5.69 Å². The maximum Gasteiger partial charge on any atom is 0.293 e. The molecule has 0 spiro atoms. The zero-order valence-corrected chi connectivity index (χ0v) is 18.3. The van der Waals surface area contributed by atoms with E-state index in [-0.39, 0.29) is 17.6 Å². The molecular weight excluding hydrogens is 418 g/mol. The number of amides is 2. The van der Waals surface area contributed by atoms with Crippen molar-refractivity contribution in [3.05, 3.63) is 95.5 Å². The lowest BCUT2D eigenvalue weighted by Crippen LogP contribution is -2.33. The van der Waals surface area contributed by atoms with Crippen LogP contribution in [0.5, 0.6) is 11.5 Å². The summed E-state index contributed by atoms with van der Waals surface area (Å²) in [4.78, 5) is 30.6. The summed E-state index contributed by atoms with van der Waals surface area (Å²) in [5, 5.41) is 2.82. The number of fused-ring (bicyclic) bond motifs is 1. The molecule has 0 atom stereocenters. The summed E-state index contributed by atoms with van der Waals surface area (Å²) in [6.45, 7) is 0.394. The first kappa shape index (κ1) is 21.8. The number of aromatic nitrogens is 1. The van der Waals surface area contributed by atoms with Gasteiger partial charge in [-0.1, -0.05) is 24.3 Å². The predicted molar refractivity (Wildman–Crippen MR) is 127 cm³/mol. The van der Waals surface area contributed by atoms with Gasteiger partial charge >= 0.3 is 0 Å². The molecule has 1 N–H and O–H groups in total. The van der Waals surface area contributed by atoms with E-state index in [1.54, 1.807) is 49.7 Å². The molecule has 0 saturated heterocycles. The lowest BCUT2D eigenvalue weighted by Gasteiger charge is -2.27. The summed E-state index contributed by atoms with van der Waals surface area (Å²) >= 11 is 0. The summed E-state index contributed by atoms with van der Waals surface area (Å²) < 4.78 is 11.3. The Labute approximate surface area is 192 Å². The van der Waals surface area contributed by atoms with Gasteiger partial charge in [0.05, 0.1) is 12.8 Å². The number of para-hydroxylation sites is 2. The number of nitrogens with zero attached hydrogens (tertiary/aromatic N) is 2. The lowest BCUT2D eigenvalue weighted by atomic mass is 10.1. The van der Waals surface area contributed by atoms with Crippen LogP contribution in [-0.4, -0.2) is 31.0 Å². The smallest absolute Gasteiger partial charge is 0.293 e. The first-order valence-corrected chi connectivity index (χ1v) is 10.3. The van der Waals surface area contributed by atoms with Crippen molar-refractivity contribution in [2.24, 2.45) is 0 Å². The lowest BCUT2D eigenvalue weighted by molar-refractivity contribution is -0.117. The number of carbonyl (C=O) groups is 2. The molecule has 2 amide bonds. The van der Waals surface area contributed by atoms with E-state index in [4.69, 9.17) is 9.47 Å². The number of ether oxygens (including phenoxy) is 2. The van der Waals surface area contributed by atoms with Crippen molar-refractivity contribution in [3.63, 3.8) is 0 Å². The van der Waals surface area contributed by atoms with Gasteiger partial charge in [0, 0.05) is 37.6 Å². The highest BCUT2D eigenvalue weighted by Gasteiger charge is 2.27. The van der Waals surface area contributed by atoms with Crippen LogP contribution in [0.25, 0.3) is 12.2 Å². The van der Waals surface area contributed by atoms with Crippen LogP contribution in [-0.2, 0) is 16.1 Å². The van der Waals surface area contributed by atoms with Gasteiger partial charge in [0.25, 0.3) is 5.91 Å². The molecule has 0 saturated carbocycles. The zero-order valence-electron chi connectivity index (χ0n) is 18.3. The van der Waals surface area contributed by atoms with E-state index in [1.165, 1.54) is 6.08 Å². The van der Waals surface area contributed by atoms with Gasteiger partial charge in [0.2, 0.25) is 5.91 Å². The largest absolute Gasteiger partial charge is 0.496 e. The van der Waals surface area contributed by atoms with Gasteiger partial charge in [-0.15, -0.1) is 0 Å². The summed E-state index contributed by atoms with van der Waals surface area (Å²) in [5.41, 5.74) is 3.06. The summed E-state index contributed by atoms with van der Waals surface area (Å²) in [6, 6.07) is 16.5. The van der Waals surface area contributed by atoms with Crippen molar-refractivity contribution in [1.82, 2.24) is 10.3 Å². The fourth-order valence-electron chi connectivity index (χ4n) is 3.38. The second-order valence-corrected chi connectivity index (χ2v) is 7.36. The number of pyridine rings is 1. The van der Waals surface area contributed by atoms with Crippen molar-refractivity contribution in [3.8, 4) is 11.5 Å². The van der Waals surface area contributed by atoms with Crippen LogP contribution in [0.1, 0.15) is 16.7 Å². The Hall–Kier alpha value is -4.39. The monoisotopic (exact) mass is 441 g/mol. The van der Waals surface area contributed by atoms with Gasteiger partial charge in [-0.2, -0.15) is 0 Å². The molecule has 166 valence electrons. The third kappa shape index (κ3) is 5.10. The average Bonchev–Trinajstić information content (AvgIpc) is 2.85. The van der Waals surface area contributed by atoms with Crippen LogP contribution >= 0.6 is 0 Å². The summed E-state index contributed by atoms with van der Waals surface area (Å²) in [5.74, 6) is 0.889. The maximum atomic E-state index is 12.8. The SMILES string of the molecule is COc1ccc(/C=C/C(=O)NCc2cccnc2)cc1/C=C1\Oc2ccccc2N(C)C1=O. The number of benzene rings is 2. The number of methoxy groups -OCH3 is 1. The molecule has 2 heterocycles. The van der Waals surface area contributed by atoms with Crippen molar-refractivity contribution in [1.29, 1.82) is 0 Å². The van der Waals surface area contributed by atoms with E-state index in [9.17, 15) is 9.59 Å². The van der Waals surface area contributed by atoms with Crippen molar-refractivity contribution >= 4 is 29.7 Å². The Morgan fingerprint density at radius 2 is 2.03 bits per heavy atom. The fraction of sp³-hybridized carbons (Fsp3) is 0.115. The van der Waals surface area contributed by atoms with Crippen LogP contribution in [0.2, 0.25) is 0 Å². The van der Waals surface area contributed by atoms with Crippen molar-refractivity contribution in [2.45, 2.75) is 6.54 Å². The Bertz CT molecular complexity index is 1240. The Morgan fingerprint density at radius 1 is 1.18 bits per heavy atom. The number of likely N-dealkylation sites (N-methyl/N-ethyl adjacent to an activating group) is 1. The van der Waals surface area contributed by atoms with Crippen LogP contribution < -0.4 is 19.7 Å². The molecule has 0 bridgehead atoms. The summed E-state index contributed by atoms with van der Waals surface area (Å²) in [7, 11) is 3.27. The number of nitrogens with one attached hydrogen (secondary N) is 1. The summed E-state index contributed by atoms with van der Waals surface area (Å²) in [6.07, 6.45) is 8.20. The molecule has 0 radical (unpaired) electrons. The van der Waals surface area contributed by atoms with E-state index in [0.717, 1.165) is 11.1 Å². The predicted octanol–water partition coefficient (Wildman–Crippen LogP) is 3.82. The van der Waals surface area contributed by atoms with E-state index < -0.39 is 0 Å². The quantitative estimate of drug-likeness (QED) is 0.589. The molecule has 7 heteroatoms. The van der Waals surface area contributed by atoms with E-state index in [1.807, 2.05) is 48.5 Å². The normalized spacial score (nSPS) is 14.2. The van der Waals surface area contributed by atoms with Gasteiger partial charge in [-0.05, 0) is 53.6 Å². The number of carbonyl (C=O) groups excluding carboxylic acids is 2. The Kier molecular flexibility index (Phi) is 6.50. The minimum absolute atomic E-state index is 0.185. The third-order valence-corrected chi connectivity index (χ3v) is 5.12. The molecular formula is C26H23N3O4. The molecule has 2 aromatic carbocycles. The Balaban J connectivity index is 1.53. The number of anilines is 1. The fourth-order valence-corrected chi connectivity index (χ4v) is 3.38. The average molecular weight is 441 g/mol. The first-order chi connectivity index (χ1) is 16.0. The van der Waals surface area contributed by atoms with Crippen LogP contribution in [0.3, 0.4) is 0 Å². The number of hydrogen-bond donors (Lipinski definition) is 1. The molecule has 1 aromatic heterocycles. The zero-order chi connectivity index (χ0) is 23.2. The minimum atomic E-state index is -0.258. The third-order valence-electron chi connectivity index (χ3n) is 5.12. The molecule has 0 aliphatic carbocycles. The van der Waals surface area contributed by atoms with Crippen molar-refractivity contribution < 1.29 is 19.1 Å². The molecule has 0 unspecified atom stereocenters.